The van der Waals surface area contributed by atoms with Crippen LogP contribution in [0.3, 0.4) is 0 Å². The first kappa shape index (κ1) is 18.7. The lowest BCUT2D eigenvalue weighted by Crippen LogP contribution is -2.56. The summed E-state index contributed by atoms with van der Waals surface area (Å²) in [4.78, 5) is 5.57. The lowest BCUT2D eigenvalue weighted by Gasteiger charge is -2.48. The zero-order chi connectivity index (χ0) is 15.9. The van der Waals surface area contributed by atoms with Gasteiger partial charge in [0, 0.05) is 15.3 Å². The lowest BCUT2D eigenvalue weighted by atomic mass is 9.81. The average molecular weight is 311 g/mol. The second-order valence-electron chi connectivity index (χ2n) is 5.82. The van der Waals surface area contributed by atoms with Crippen LogP contribution in [0.15, 0.2) is 12.1 Å². The molecule has 1 aromatic heterocycles. The molecular weight excluding hydrogens is 276 g/mol. The van der Waals surface area contributed by atoms with Gasteiger partial charge in [0.25, 0.3) is 0 Å². The number of thiophene rings is 1. The minimum absolute atomic E-state index is 0.218. The molecule has 1 atom stereocenters. The van der Waals surface area contributed by atoms with E-state index in [9.17, 15) is 0 Å². The zero-order valence-electron chi connectivity index (χ0n) is 14.8. The number of nitrogens with one attached hydrogen (secondary N) is 1. The molecule has 0 fully saturated rings. The Bertz CT molecular complexity index is 392. The molecule has 0 aliphatic carbocycles. The maximum atomic E-state index is 3.86. The number of hydrogen-bond acceptors (Lipinski definition) is 3. The summed E-state index contributed by atoms with van der Waals surface area (Å²) < 4.78 is 0. The van der Waals surface area contributed by atoms with Crippen molar-refractivity contribution in [1.82, 2.24) is 10.2 Å². The smallest absolute Gasteiger partial charge is 0.0601 e. The molecule has 1 aromatic rings. The summed E-state index contributed by atoms with van der Waals surface area (Å²) in [5.74, 6) is 0. The summed E-state index contributed by atoms with van der Waals surface area (Å²) in [5, 5.41) is 3.86. The van der Waals surface area contributed by atoms with Crippen LogP contribution in [-0.2, 0) is 0 Å². The van der Waals surface area contributed by atoms with Crippen molar-refractivity contribution >= 4 is 11.3 Å². The molecule has 1 heterocycles. The number of likely N-dealkylation sites (N-methyl/N-ethyl adjacent to an activating group) is 1. The highest BCUT2D eigenvalue weighted by Gasteiger charge is 2.40. The van der Waals surface area contributed by atoms with Crippen LogP contribution in [0.1, 0.15) is 69.7 Å². The first-order chi connectivity index (χ1) is 10.1. The fourth-order valence-corrected chi connectivity index (χ4v) is 4.66. The van der Waals surface area contributed by atoms with Crippen molar-refractivity contribution in [2.45, 2.75) is 72.4 Å². The fraction of sp³-hybridized carbons (Fsp3) is 0.778. The van der Waals surface area contributed by atoms with Crippen molar-refractivity contribution in [3.05, 3.63) is 21.9 Å². The van der Waals surface area contributed by atoms with Crippen LogP contribution in [0.5, 0.6) is 0 Å². The monoisotopic (exact) mass is 310 g/mol. The maximum Gasteiger partial charge on any atom is 0.0601 e. The number of rotatable bonds is 10. The fourth-order valence-electron chi connectivity index (χ4n) is 3.59. The predicted octanol–water partition coefficient (Wildman–Crippen LogP) is 5.00. The van der Waals surface area contributed by atoms with Crippen LogP contribution in [0, 0.1) is 6.92 Å². The van der Waals surface area contributed by atoms with E-state index in [0.717, 1.165) is 19.6 Å². The van der Waals surface area contributed by atoms with Crippen LogP contribution in [0.4, 0.5) is 0 Å². The second-order valence-corrected chi connectivity index (χ2v) is 7.14. The lowest BCUT2D eigenvalue weighted by molar-refractivity contribution is 0.0499. The van der Waals surface area contributed by atoms with E-state index in [4.69, 9.17) is 0 Å². The largest absolute Gasteiger partial charge is 0.308 e. The van der Waals surface area contributed by atoms with Crippen LogP contribution in [-0.4, -0.2) is 30.1 Å². The highest BCUT2D eigenvalue weighted by Crippen LogP contribution is 2.39. The Hall–Kier alpha value is -0.380. The Morgan fingerprint density at radius 1 is 1.10 bits per heavy atom. The first-order valence-corrected chi connectivity index (χ1v) is 9.45. The average Bonchev–Trinajstić information content (AvgIpc) is 2.93. The van der Waals surface area contributed by atoms with Crippen molar-refractivity contribution in [3.8, 4) is 0 Å². The molecule has 0 aliphatic rings. The van der Waals surface area contributed by atoms with E-state index in [-0.39, 0.29) is 5.54 Å². The van der Waals surface area contributed by atoms with Gasteiger partial charge in [-0.05, 0) is 58.0 Å². The minimum atomic E-state index is 0.218. The molecule has 0 aromatic carbocycles. The molecule has 1 rings (SSSR count). The topological polar surface area (TPSA) is 15.3 Å². The van der Waals surface area contributed by atoms with Gasteiger partial charge in [-0.2, -0.15) is 0 Å². The molecule has 1 unspecified atom stereocenters. The molecule has 21 heavy (non-hydrogen) atoms. The van der Waals surface area contributed by atoms with E-state index in [1.165, 1.54) is 29.0 Å². The Morgan fingerprint density at radius 2 is 1.71 bits per heavy atom. The minimum Gasteiger partial charge on any atom is -0.308 e. The number of aryl methyl sites for hydroxylation is 1. The highest BCUT2D eigenvalue weighted by molar-refractivity contribution is 7.12. The van der Waals surface area contributed by atoms with E-state index >= 15 is 0 Å². The summed E-state index contributed by atoms with van der Waals surface area (Å²) in [6, 6.07) is 5.03. The van der Waals surface area contributed by atoms with Crippen molar-refractivity contribution in [1.29, 1.82) is 0 Å². The van der Waals surface area contributed by atoms with Gasteiger partial charge < -0.3 is 5.32 Å². The van der Waals surface area contributed by atoms with Crippen molar-refractivity contribution < 1.29 is 0 Å². The molecule has 0 bridgehead atoms. The number of nitrogens with zero attached hydrogens (tertiary/aromatic N) is 1. The SMILES string of the molecule is CCCNC(c1ccc(C)s1)C(CC)(CC)N(CC)CC. The Kier molecular flexibility index (Phi) is 7.93. The summed E-state index contributed by atoms with van der Waals surface area (Å²) in [6.07, 6.45) is 3.55. The van der Waals surface area contributed by atoms with Crippen molar-refractivity contribution in [2.24, 2.45) is 0 Å². The van der Waals surface area contributed by atoms with Gasteiger partial charge in [0.05, 0.1) is 6.04 Å². The molecular formula is C18H34N2S. The van der Waals surface area contributed by atoms with Gasteiger partial charge in [0.15, 0.2) is 0 Å². The standard InChI is InChI=1S/C18H34N2S/c1-7-14-19-17(16-13-12-15(6)21-16)18(8-2,9-3)20(10-4)11-5/h12-13,17,19H,7-11,14H2,1-6H3. The van der Waals surface area contributed by atoms with Gasteiger partial charge in [0.2, 0.25) is 0 Å². The normalized spacial score (nSPS) is 13.9. The summed E-state index contributed by atoms with van der Waals surface area (Å²) in [6.45, 7) is 17.1. The van der Waals surface area contributed by atoms with Gasteiger partial charge >= 0.3 is 0 Å². The van der Waals surface area contributed by atoms with Crippen LogP contribution >= 0.6 is 11.3 Å². The molecule has 0 spiro atoms. The zero-order valence-corrected chi connectivity index (χ0v) is 15.6. The third kappa shape index (κ3) is 4.08. The van der Waals surface area contributed by atoms with E-state index in [2.05, 4.69) is 63.9 Å². The molecule has 0 radical (unpaired) electrons. The van der Waals surface area contributed by atoms with Gasteiger partial charge in [-0.3, -0.25) is 4.90 Å². The quantitative estimate of drug-likeness (QED) is 0.654. The van der Waals surface area contributed by atoms with Crippen LogP contribution in [0.2, 0.25) is 0 Å². The van der Waals surface area contributed by atoms with E-state index in [0.29, 0.717) is 6.04 Å². The molecule has 2 nitrogen and oxygen atoms in total. The molecule has 0 saturated heterocycles. The van der Waals surface area contributed by atoms with Crippen LogP contribution in [0.25, 0.3) is 0 Å². The Balaban J connectivity index is 3.22. The molecule has 122 valence electrons. The van der Waals surface area contributed by atoms with E-state index < -0.39 is 0 Å². The molecule has 0 aliphatic heterocycles. The maximum absolute atomic E-state index is 3.86. The van der Waals surface area contributed by atoms with Crippen molar-refractivity contribution in [2.75, 3.05) is 19.6 Å². The third-order valence-corrected chi connectivity index (χ3v) is 5.86. The number of hydrogen-bond donors (Lipinski definition) is 1. The summed E-state index contributed by atoms with van der Waals surface area (Å²) >= 11 is 1.95. The van der Waals surface area contributed by atoms with Gasteiger partial charge in [0.1, 0.15) is 0 Å². The van der Waals surface area contributed by atoms with Gasteiger partial charge in [-0.1, -0.05) is 34.6 Å². The summed E-state index contributed by atoms with van der Waals surface area (Å²) in [5.41, 5.74) is 0.218. The summed E-state index contributed by atoms with van der Waals surface area (Å²) in [7, 11) is 0. The highest BCUT2D eigenvalue weighted by atomic mass is 32.1. The van der Waals surface area contributed by atoms with Crippen LogP contribution < -0.4 is 5.32 Å². The van der Waals surface area contributed by atoms with Gasteiger partial charge in [-0.25, -0.2) is 0 Å². The van der Waals surface area contributed by atoms with Gasteiger partial charge in [-0.15, -0.1) is 11.3 Å². The van der Waals surface area contributed by atoms with E-state index in [1.807, 2.05) is 11.3 Å². The van der Waals surface area contributed by atoms with Crippen molar-refractivity contribution in [3.63, 3.8) is 0 Å². The second kappa shape index (κ2) is 8.92. The van der Waals surface area contributed by atoms with E-state index in [1.54, 1.807) is 0 Å². The Morgan fingerprint density at radius 3 is 2.10 bits per heavy atom. The predicted molar refractivity (Wildman–Crippen MR) is 96.3 cm³/mol. The molecule has 3 heteroatoms. The third-order valence-electron chi connectivity index (χ3n) is 4.80. The molecule has 0 amide bonds. The first-order valence-electron chi connectivity index (χ1n) is 8.64. The Labute approximate surface area is 135 Å². The molecule has 1 N–H and O–H groups in total. The molecule has 0 saturated carbocycles.